The number of nitro benzene ring substituents is 1. The highest BCUT2D eigenvalue weighted by molar-refractivity contribution is 5.84. The van der Waals surface area contributed by atoms with Gasteiger partial charge >= 0.3 is 0 Å². The smallest absolute Gasteiger partial charge is 0.274 e. The van der Waals surface area contributed by atoms with Gasteiger partial charge in [0.15, 0.2) is 5.76 Å². The second-order valence-electron chi connectivity index (χ2n) is 7.10. The molecule has 144 valence electrons. The number of aliphatic hydroxyl groups excluding tert-OH is 2. The van der Waals surface area contributed by atoms with Crippen molar-refractivity contribution in [2.24, 2.45) is 0 Å². The first kappa shape index (κ1) is 19.0. The Balaban J connectivity index is 2.10. The summed E-state index contributed by atoms with van der Waals surface area (Å²) >= 11 is 0. The van der Waals surface area contributed by atoms with Crippen molar-refractivity contribution >= 4 is 22.5 Å². The zero-order valence-electron chi connectivity index (χ0n) is 15.6. The third-order valence-electron chi connectivity index (χ3n) is 5.38. The number of hydrogen-bond donors (Lipinski definition) is 2. The molecule has 1 aliphatic rings. The van der Waals surface area contributed by atoms with E-state index in [-0.39, 0.29) is 11.4 Å². The van der Waals surface area contributed by atoms with E-state index in [9.17, 15) is 15.2 Å². The number of fused-ring (bicyclic) bond motifs is 1. The normalized spacial score (nSPS) is 16.2. The van der Waals surface area contributed by atoms with E-state index in [2.05, 4.69) is 14.9 Å². The van der Waals surface area contributed by atoms with Crippen molar-refractivity contribution in [1.29, 1.82) is 0 Å². The van der Waals surface area contributed by atoms with E-state index in [0.717, 1.165) is 18.4 Å². The van der Waals surface area contributed by atoms with Crippen molar-refractivity contribution in [3.05, 3.63) is 45.5 Å². The monoisotopic (exact) mass is 372 g/mol. The lowest BCUT2D eigenvalue weighted by atomic mass is 9.93. The molecule has 1 aromatic carbocycles. The van der Waals surface area contributed by atoms with Crippen LogP contribution >= 0.6 is 0 Å². The molecule has 0 bridgehead atoms. The minimum Gasteiger partial charge on any atom is -0.512 e. The van der Waals surface area contributed by atoms with Crippen LogP contribution in [0, 0.1) is 17.0 Å². The molecule has 1 fully saturated rings. The summed E-state index contributed by atoms with van der Waals surface area (Å²) in [5, 5.41) is 30.3. The van der Waals surface area contributed by atoms with E-state index in [0.29, 0.717) is 35.4 Å². The highest BCUT2D eigenvalue weighted by atomic mass is 16.6. The highest BCUT2D eigenvalue weighted by Gasteiger charge is 2.24. The molecule has 0 atom stereocenters. The van der Waals surface area contributed by atoms with Gasteiger partial charge in [0.2, 0.25) is 0 Å². The summed E-state index contributed by atoms with van der Waals surface area (Å²) in [6.45, 7) is 2.23. The van der Waals surface area contributed by atoms with Gasteiger partial charge in [0.25, 0.3) is 5.69 Å². The average molecular weight is 372 g/mol. The Morgan fingerprint density at radius 1 is 1.41 bits per heavy atom. The van der Waals surface area contributed by atoms with Crippen LogP contribution in [0.15, 0.2) is 18.5 Å². The zero-order chi connectivity index (χ0) is 19.6. The molecule has 1 heterocycles. The van der Waals surface area contributed by atoms with Gasteiger partial charge in [-0.3, -0.25) is 20.0 Å². The molecule has 0 radical (unpaired) electrons. The third kappa shape index (κ3) is 3.85. The quantitative estimate of drug-likeness (QED) is 0.463. The summed E-state index contributed by atoms with van der Waals surface area (Å²) in [6, 6.07) is 1.85. The molecule has 8 nitrogen and oxygen atoms in total. The Morgan fingerprint density at radius 3 is 2.74 bits per heavy atom. The largest absolute Gasteiger partial charge is 0.512 e. The SMILES string of the molecule is Cc1c([N+](=O)[O-])cc2ncc(C(O)=CO)nc2c1CN(C)C1CCCCC1. The molecule has 3 rings (SSSR count). The maximum atomic E-state index is 11.5. The first-order valence-electron chi connectivity index (χ1n) is 9.10. The third-order valence-corrected chi connectivity index (χ3v) is 5.38. The topological polar surface area (TPSA) is 113 Å². The van der Waals surface area contributed by atoms with E-state index in [1.54, 1.807) is 6.92 Å². The van der Waals surface area contributed by atoms with Crippen LogP contribution in [0.5, 0.6) is 0 Å². The van der Waals surface area contributed by atoms with Crippen LogP contribution in [0.1, 0.15) is 48.9 Å². The second-order valence-corrected chi connectivity index (χ2v) is 7.10. The van der Waals surface area contributed by atoms with Gasteiger partial charge in [0, 0.05) is 29.8 Å². The minimum atomic E-state index is -0.403. The van der Waals surface area contributed by atoms with Gasteiger partial charge < -0.3 is 10.2 Å². The van der Waals surface area contributed by atoms with Crippen molar-refractivity contribution in [3.63, 3.8) is 0 Å². The van der Waals surface area contributed by atoms with Gasteiger partial charge in [0.05, 0.1) is 22.2 Å². The highest BCUT2D eigenvalue weighted by Crippen LogP contribution is 2.31. The fourth-order valence-electron chi connectivity index (χ4n) is 3.77. The van der Waals surface area contributed by atoms with Crippen LogP contribution in [0.4, 0.5) is 5.69 Å². The molecule has 2 N–H and O–H groups in total. The minimum absolute atomic E-state index is 0.0125. The number of aliphatic hydroxyl groups is 2. The average Bonchev–Trinajstić information content (AvgIpc) is 2.69. The molecule has 0 spiro atoms. The summed E-state index contributed by atoms with van der Waals surface area (Å²) in [5.74, 6) is -0.396. The molecule has 2 aromatic rings. The van der Waals surface area contributed by atoms with E-state index in [1.807, 2.05) is 7.05 Å². The first-order chi connectivity index (χ1) is 12.9. The molecular weight excluding hydrogens is 348 g/mol. The lowest BCUT2D eigenvalue weighted by Crippen LogP contribution is -2.33. The van der Waals surface area contributed by atoms with Crippen LogP contribution in [-0.4, -0.2) is 43.1 Å². The lowest BCUT2D eigenvalue weighted by molar-refractivity contribution is -0.385. The number of rotatable bonds is 5. The van der Waals surface area contributed by atoms with Crippen LogP contribution in [0.3, 0.4) is 0 Å². The van der Waals surface area contributed by atoms with Gasteiger partial charge in [-0.1, -0.05) is 19.3 Å². The predicted octanol–water partition coefficient (Wildman–Crippen LogP) is 4.03. The first-order valence-corrected chi connectivity index (χ1v) is 9.10. The van der Waals surface area contributed by atoms with Crippen LogP contribution < -0.4 is 0 Å². The van der Waals surface area contributed by atoms with Crippen LogP contribution in [0.25, 0.3) is 16.8 Å². The predicted molar refractivity (Wildman–Crippen MR) is 103 cm³/mol. The molecule has 1 saturated carbocycles. The Labute approximate surface area is 157 Å². The number of hydrogen-bond acceptors (Lipinski definition) is 7. The number of benzene rings is 1. The lowest BCUT2D eigenvalue weighted by Gasteiger charge is -2.31. The van der Waals surface area contributed by atoms with Crippen molar-refractivity contribution in [2.45, 2.75) is 51.6 Å². The van der Waals surface area contributed by atoms with Crippen molar-refractivity contribution in [1.82, 2.24) is 14.9 Å². The van der Waals surface area contributed by atoms with E-state index >= 15 is 0 Å². The Kier molecular flexibility index (Phi) is 5.55. The molecular formula is C19H24N4O4. The maximum Gasteiger partial charge on any atom is 0.274 e. The number of aromatic nitrogens is 2. The summed E-state index contributed by atoms with van der Waals surface area (Å²) in [4.78, 5) is 21.9. The molecule has 0 saturated heterocycles. The Hall–Kier alpha value is -2.74. The number of nitro groups is 1. The standard InChI is InChI=1S/C19H24N4O4/c1-12-14(10-22(2)13-6-4-3-5-7-13)19-15(8-17(12)23(26)27)20-9-16(21-19)18(25)11-24/h8-9,11,13,24-25H,3-7,10H2,1-2H3. The number of nitrogens with zero attached hydrogens (tertiary/aromatic N) is 4. The molecule has 8 heteroatoms. The van der Waals surface area contributed by atoms with Gasteiger partial charge in [-0.05, 0) is 26.8 Å². The Bertz CT molecular complexity index is 891. The summed E-state index contributed by atoms with van der Waals surface area (Å²) in [7, 11) is 2.03. The van der Waals surface area contributed by atoms with Crippen LogP contribution in [0.2, 0.25) is 0 Å². The molecule has 1 aliphatic carbocycles. The van der Waals surface area contributed by atoms with Crippen molar-refractivity contribution in [2.75, 3.05) is 7.05 Å². The summed E-state index contributed by atoms with van der Waals surface area (Å²) < 4.78 is 0. The summed E-state index contributed by atoms with van der Waals surface area (Å²) in [6.07, 6.45) is 7.73. The Morgan fingerprint density at radius 2 is 2.11 bits per heavy atom. The van der Waals surface area contributed by atoms with E-state index in [1.165, 1.54) is 31.5 Å². The molecule has 1 aromatic heterocycles. The fraction of sp³-hybridized carbons (Fsp3) is 0.474. The van der Waals surface area contributed by atoms with Crippen molar-refractivity contribution in [3.8, 4) is 0 Å². The van der Waals surface area contributed by atoms with Gasteiger partial charge in [-0.2, -0.15) is 0 Å². The van der Waals surface area contributed by atoms with Gasteiger partial charge in [-0.25, -0.2) is 4.98 Å². The molecule has 0 aliphatic heterocycles. The van der Waals surface area contributed by atoms with E-state index < -0.39 is 10.7 Å². The van der Waals surface area contributed by atoms with Gasteiger partial charge in [0.1, 0.15) is 12.0 Å². The van der Waals surface area contributed by atoms with Gasteiger partial charge in [-0.15, -0.1) is 0 Å². The fourth-order valence-corrected chi connectivity index (χ4v) is 3.77. The van der Waals surface area contributed by atoms with Crippen molar-refractivity contribution < 1.29 is 15.1 Å². The second kappa shape index (κ2) is 7.87. The van der Waals surface area contributed by atoms with Crippen LogP contribution in [-0.2, 0) is 6.54 Å². The molecule has 0 unspecified atom stereocenters. The maximum absolute atomic E-state index is 11.5. The molecule has 0 amide bonds. The zero-order valence-corrected chi connectivity index (χ0v) is 15.6. The molecule has 27 heavy (non-hydrogen) atoms. The van der Waals surface area contributed by atoms with E-state index in [4.69, 9.17) is 5.11 Å². The summed E-state index contributed by atoms with van der Waals surface area (Å²) in [5.41, 5.74) is 2.32.